The van der Waals surface area contributed by atoms with Gasteiger partial charge in [-0.15, -0.1) is 0 Å². The summed E-state index contributed by atoms with van der Waals surface area (Å²) in [6, 6.07) is 14.7. The number of para-hydroxylation sites is 2. The van der Waals surface area contributed by atoms with Gasteiger partial charge in [0.25, 0.3) is 5.91 Å². The van der Waals surface area contributed by atoms with E-state index in [1.807, 2.05) is 57.4 Å². The van der Waals surface area contributed by atoms with E-state index in [0.717, 1.165) is 22.5 Å². The zero-order chi connectivity index (χ0) is 23.8. The van der Waals surface area contributed by atoms with Gasteiger partial charge in [-0.05, 0) is 63.3 Å². The molecular weight excluding hydrogens is 438 g/mol. The predicted octanol–water partition coefficient (Wildman–Crippen LogP) is 5.03. The molecular formula is C25H27N3O4S. The molecule has 0 spiro atoms. The summed E-state index contributed by atoms with van der Waals surface area (Å²) in [4.78, 5) is 33.4. The molecule has 1 aromatic heterocycles. The fourth-order valence-corrected chi connectivity index (χ4v) is 3.64. The van der Waals surface area contributed by atoms with Crippen LogP contribution in [0.1, 0.15) is 28.9 Å². The third-order valence-corrected chi connectivity index (χ3v) is 5.48. The minimum Gasteiger partial charge on any atom is -0.456 e. The molecule has 7 nitrogen and oxygen atoms in total. The Hall–Kier alpha value is -3.39. The van der Waals surface area contributed by atoms with Crippen molar-refractivity contribution in [3.05, 3.63) is 71.0 Å². The van der Waals surface area contributed by atoms with Crippen LogP contribution in [0.15, 0.2) is 53.7 Å². The van der Waals surface area contributed by atoms with E-state index in [9.17, 15) is 9.59 Å². The highest BCUT2D eigenvalue weighted by Gasteiger charge is 2.14. The summed E-state index contributed by atoms with van der Waals surface area (Å²) in [7, 11) is 0. The van der Waals surface area contributed by atoms with Crippen LogP contribution < -0.4 is 10.1 Å². The van der Waals surface area contributed by atoms with Crippen LogP contribution in [0.4, 0.5) is 5.69 Å². The number of benzene rings is 2. The molecule has 8 heteroatoms. The molecule has 1 N–H and O–H groups in total. The van der Waals surface area contributed by atoms with E-state index in [1.165, 1.54) is 11.8 Å². The van der Waals surface area contributed by atoms with E-state index in [-0.39, 0.29) is 13.0 Å². The van der Waals surface area contributed by atoms with Crippen molar-refractivity contribution in [2.45, 2.75) is 38.8 Å². The quantitative estimate of drug-likeness (QED) is 0.269. The van der Waals surface area contributed by atoms with E-state index in [4.69, 9.17) is 9.47 Å². The number of amides is 1. The number of thioether (sulfide) groups is 1. The molecule has 2 aromatic carbocycles. The van der Waals surface area contributed by atoms with Crippen molar-refractivity contribution < 1.29 is 19.1 Å². The Morgan fingerprint density at radius 1 is 0.970 bits per heavy atom. The number of rotatable bonds is 9. The molecule has 0 radical (unpaired) electrons. The van der Waals surface area contributed by atoms with Gasteiger partial charge < -0.3 is 14.8 Å². The van der Waals surface area contributed by atoms with Gasteiger partial charge in [-0.3, -0.25) is 9.59 Å². The van der Waals surface area contributed by atoms with Gasteiger partial charge in [-0.1, -0.05) is 41.6 Å². The molecule has 1 heterocycles. The average molecular weight is 466 g/mol. The van der Waals surface area contributed by atoms with Crippen molar-refractivity contribution in [2.24, 2.45) is 0 Å². The molecule has 0 unspecified atom stereocenters. The van der Waals surface area contributed by atoms with Crippen LogP contribution >= 0.6 is 11.8 Å². The molecule has 3 aromatic rings. The van der Waals surface area contributed by atoms with Crippen molar-refractivity contribution >= 4 is 29.3 Å². The second-order valence-corrected chi connectivity index (χ2v) is 8.25. The fourth-order valence-electron chi connectivity index (χ4n) is 3.19. The van der Waals surface area contributed by atoms with Crippen LogP contribution in [0, 0.1) is 20.8 Å². The van der Waals surface area contributed by atoms with Crippen molar-refractivity contribution in [1.82, 2.24) is 9.97 Å². The topological polar surface area (TPSA) is 90.4 Å². The van der Waals surface area contributed by atoms with Gasteiger partial charge in [0.1, 0.15) is 5.75 Å². The smallest absolute Gasteiger partial charge is 0.306 e. The van der Waals surface area contributed by atoms with Crippen LogP contribution in [-0.4, -0.2) is 34.7 Å². The number of hydrogen-bond donors (Lipinski definition) is 1. The number of nitrogens with zero attached hydrogens (tertiary/aromatic N) is 2. The highest BCUT2D eigenvalue weighted by atomic mass is 32.2. The number of carbonyl (C=O) groups is 2. The molecule has 0 saturated heterocycles. The Morgan fingerprint density at radius 2 is 1.64 bits per heavy atom. The summed E-state index contributed by atoms with van der Waals surface area (Å²) in [5, 5.41) is 3.45. The molecule has 0 aliphatic rings. The third-order valence-electron chi connectivity index (χ3n) is 4.94. The molecule has 0 bridgehead atoms. The van der Waals surface area contributed by atoms with Crippen LogP contribution in [0.3, 0.4) is 0 Å². The van der Waals surface area contributed by atoms with Gasteiger partial charge >= 0.3 is 5.97 Å². The summed E-state index contributed by atoms with van der Waals surface area (Å²) >= 11 is 1.48. The average Bonchev–Trinajstić information content (AvgIpc) is 2.79. The summed E-state index contributed by atoms with van der Waals surface area (Å²) in [6.45, 7) is 5.42. The lowest BCUT2D eigenvalue weighted by Crippen LogP contribution is -2.21. The molecule has 3 rings (SSSR count). The first-order valence-electron chi connectivity index (χ1n) is 10.5. The minimum atomic E-state index is -0.456. The second kappa shape index (κ2) is 11.5. The Morgan fingerprint density at radius 3 is 2.30 bits per heavy atom. The highest BCUT2D eigenvalue weighted by molar-refractivity contribution is 7.98. The van der Waals surface area contributed by atoms with Crippen molar-refractivity contribution in [3.63, 3.8) is 0 Å². The van der Waals surface area contributed by atoms with Crippen LogP contribution in [0.5, 0.6) is 11.5 Å². The predicted molar refractivity (Wildman–Crippen MR) is 129 cm³/mol. The normalized spacial score (nSPS) is 10.5. The maximum Gasteiger partial charge on any atom is 0.306 e. The van der Waals surface area contributed by atoms with Crippen LogP contribution in [0.25, 0.3) is 0 Å². The molecule has 1 amide bonds. The number of hydrogen-bond acceptors (Lipinski definition) is 7. The Balaban J connectivity index is 1.51. The molecule has 172 valence electrons. The van der Waals surface area contributed by atoms with Gasteiger partial charge in [-0.25, -0.2) is 9.97 Å². The first-order chi connectivity index (χ1) is 15.9. The SMILES string of the molecule is CSc1nc(C)c(CCC(=O)OCC(=O)Nc2ccccc2Oc2ccc(C)cc2)c(C)n1. The minimum absolute atomic E-state index is 0.143. The number of aromatic nitrogens is 2. The third kappa shape index (κ3) is 7.05. The molecule has 0 aliphatic carbocycles. The highest BCUT2D eigenvalue weighted by Crippen LogP contribution is 2.29. The fraction of sp³-hybridized carbons (Fsp3) is 0.280. The number of aryl methyl sites for hydroxylation is 3. The summed E-state index contributed by atoms with van der Waals surface area (Å²) in [6.07, 6.45) is 2.52. The molecule has 0 saturated carbocycles. The number of carbonyl (C=O) groups excluding carboxylic acids is 2. The Labute approximate surface area is 197 Å². The van der Waals surface area contributed by atoms with Crippen LogP contribution in [-0.2, 0) is 20.7 Å². The van der Waals surface area contributed by atoms with Gasteiger partial charge in [0, 0.05) is 17.8 Å². The second-order valence-electron chi connectivity index (χ2n) is 7.48. The van der Waals surface area contributed by atoms with Crippen molar-refractivity contribution in [2.75, 3.05) is 18.2 Å². The molecule has 0 fully saturated rings. The largest absolute Gasteiger partial charge is 0.456 e. The van der Waals surface area contributed by atoms with E-state index >= 15 is 0 Å². The van der Waals surface area contributed by atoms with Crippen molar-refractivity contribution in [3.8, 4) is 11.5 Å². The lowest BCUT2D eigenvalue weighted by Gasteiger charge is -2.13. The first-order valence-corrected chi connectivity index (χ1v) is 11.8. The molecule has 0 atom stereocenters. The summed E-state index contributed by atoms with van der Waals surface area (Å²) in [5.74, 6) is 0.264. The number of ether oxygens (including phenoxy) is 2. The summed E-state index contributed by atoms with van der Waals surface area (Å²) in [5.41, 5.74) is 4.25. The molecule has 33 heavy (non-hydrogen) atoms. The first kappa shape index (κ1) is 24.3. The van der Waals surface area contributed by atoms with E-state index in [2.05, 4.69) is 15.3 Å². The monoisotopic (exact) mass is 465 g/mol. The van der Waals surface area contributed by atoms with E-state index in [1.54, 1.807) is 18.2 Å². The van der Waals surface area contributed by atoms with Gasteiger partial charge in [0.2, 0.25) is 0 Å². The van der Waals surface area contributed by atoms with Gasteiger partial charge in [0.05, 0.1) is 5.69 Å². The zero-order valence-electron chi connectivity index (χ0n) is 19.2. The standard InChI is InChI=1S/C25H27N3O4S/c1-16-9-11-19(12-10-16)32-22-8-6-5-7-21(22)28-23(29)15-31-24(30)14-13-20-17(2)26-25(33-4)27-18(20)3/h5-12H,13-15H2,1-4H3,(H,28,29). The zero-order valence-corrected chi connectivity index (χ0v) is 20.0. The van der Waals surface area contributed by atoms with E-state index < -0.39 is 11.9 Å². The number of esters is 1. The van der Waals surface area contributed by atoms with Crippen LogP contribution in [0.2, 0.25) is 0 Å². The maximum absolute atomic E-state index is 12.4. The number of nitrogens with one attached hydrogen (secondary N) is 1. The van der Waals surface area contributed by atoms with Crippen molar-refractivity contribution in [1.29, 1.82) is 0 Å². The van der Waals surface area contributed by atoms with Gasteiger partial charge in [0.15, 0.2) is 17.5 Å². The lowest BCUT2D eigenvalue weighted by atomic mass is 10.1. The summed E-state index contributed by atoms with van der Waals surface area (Å²) < 4.78 is 11.0. The molecule has 0 aliphatic heterocycles. The Bertz CT molecular complexity index is 1110. The number of anilines is 1. The Kier molecular flexibility index (Phi) is 8.43. The maximum atomic E-state index is 12.4. The van der Waals surface area contributed by atoms with E-state index in [0.29, 0.717) is 28.8 Å². The lowest BCUT2D eigenvalue weighted by molar-refractivity contribution is -0.147. The van der Waals surface area contributed by atoms with Gasteiger partial charge in [-0.2, -0.15) is 0 Å².